The fourth-order valence-electron chi connectivity index (χ4n) is 8.70. The third kappa shape index (κ3) is 3.56. The smallest absolute Gasteiger partial charge is 0.143 e. The first kappa shape index (κ1) is 26.7. The SMILES string of the molecule is c1ccc2cc3c(cc2c1)oc1c(-c2ccc4sc5ccc6ccccc6c5c4c2)ccc(-c2ccc4ccc5cccc6ccc2c4c56)c13. The topological polar surface area (TPSA) is 13.1 Å². The molecule has 0 bridgehead atoms. The van der Waals surface area contributed by atoms with Gasteiger partial charge < -0.3 is 4.42 Å². The Kier molecular flexibility index (Phi) is 5.18. The van der Waals surface area contributed by atoms with Crippen LogP contribution in [0.2, 0.25) is 0 Å². The lowest BCUT2D eigenvalue weighted by atomic mass is 9.87. The van der Waals surface area contributed by atoms with Crippen LogP contribution in [0.4, 0.5) is 0 Å². The zero-order chi connectivity index (χ0) is 32.5. The molecule has 0 N–H and O–H groups in total. The van der Waals surface area contributed by atoms with Gasteiger partial charge in [-0.25, -0.2) is 0 Å². The largest absolute Gasteiger partial charge is 0.455 e. The van der Waals surface area contributed by atoms with Gasteiger partial charge in [0.05, 0.1) is 0 Å². The average Bonchev–Trinajstić information content (AvgIpc) is 3.74. The lowest BCUT2D eigenvalue weighted by Crippen LogP contribution is -1.89. The van der Waals surface area contributed by atoms with E-state index in [0.717, 1.165) is 22.1 Å². The summed E-state index contributed by atoms with van der Waals surface area (Å²) < 4.78 is 9.61. The summed E-state index contributed by atoms with van der Waals surface area (Å²) in [4.78, 5) is 0. The summed E-state index contributed by atoms with van der Waals surface area (Å²) in [5, 5.41) is 17.7. The number of furan rings is 1. The highest BCUT2D eigenvalue weighted by Crippen LogP contribution is 2.47. The molecule has 230 valence electrons. The van der Waals surface area contributed by atoms with Crippen LogP contribution in [0.25, 0.3) is 118 Å². The molecular formula is C48H26OS. The summed E-state index contributed by atoms with van der Waals surface area (Å²) in [7, 11) is 0. The molecule has 12 rings (SSSR count). The summed E-state index contributed by atoms with van der Waals surface area (Å²) in [6.07, 6.45) is 0. The van der Waals surface area contributed by atoms with E-state index in [4.69, 9.17) is 4.42 Å². The summed E-state index contributed by atoms with van der Waals surface area (Å²) in [5.41, 5.74) is 6.56. The second kappa shape index (κ2) is 9.69. The molecule has 0 aliphatic carbocycles. The molecule has 1 nitrogen and oxygen atoms in total. The Morgan fingerprint density at radius 1 is 0.340 bits per heavy atom. The van der Waals surface area contributed by atoms with Crippen LogP contribution >= 0.6 is 11.3 Å². The van der Waals surface area contributed by atoms with Gasteiger partial charge in [0.15, 0.2) is 0 Å². The van der Waals surface area contributed by atoms with Gasteiger partial charge in [0.1, 0.15) is 11.2 Å². The highest BCUT2D eigenvalue weighted by atomic mass is 32.1. The first-order valence-electron chi connectivity index (χ1n) is 17.2. The molecule has 0 radical (unpaired) electrons. The molecule has 0 atom stereocenters. The predicted molar refractivity (Wildman–Crippen MR) is 216 cm³/mol. The van der Waals surface area contributed by atoms with E-state index < -0.39 is 0 Å². The molecule has 12 aromatic rings. The Bertz CT molecular complexity index is 3360. The molecule has 2 heterocycles. The molecule has 50 heavy (non-hydrogen) atoms. The Balaban J connectivity index is 1.19. The quantitative estimate of drug-likeness (QED) is 0.170. The molecule has 0 spiro atoms. The van der Waals surface area contributed by atoms with Crippen molar-refractivity contribution in [2.75, 3.05) is 0 Å². The Labute approximate surface area is 290 Å². The monoisotopic (exact) mass is 650 g/mol. The summed E-state index contributed by atoms with van der Waals surface area (Å²) >= 11 is 1.87. The van der Waals surface area contributed by atoms with Gasteiger partial charge in [-0.1, -0.05) is 121 Å². The molecule has 0 saturated carbocycles. The normalized spacial score (nSPS) is 12.4. The minimum absolute atomic E-state index is 0.915. The second-order valence-corrected chi connectivity index (χ2v) is 14.7. The molecule has 10 aromatic carbocycles. The van der Waals surface area contributed by atoms with Gasteiger partial charge in [0.2, 0.25) is 0 Å². The Morgan fingerprint density at radius 2 is 1.00 bits per heavy atom. The highest BCUT2D eigenvalue weighted by Gasteiger charge is 2.21. The van der Waals surface area contributed by atoms with E-state index in [9.17, 15) is 0 Å². The molecule has 2 heteroatoms. The van der Waals surface area contributed by atoms with Crippen LogP contribution in [0.5, 0.6) is 0 Å². The molecular weight excluding hydrogens is 625 g/mol. The van der Waals surface area contributed by atoms with Gasteiger partial charge in [-0.2, -0.15) is 0 Å². The third-order valence-electron chi connectivity index (χ3n) is 11.0. The number of hydrogen-bond donors (Lipinski definition) is 0. The summed E-state index contributed by atoms with van der Waals surface area (Å²) in [5.74, 6) is 0. The van der Waals surface area contributed by atoms with E-state index in [2.05, 4.69) is 158 Å². The van der Waals surface area contributed by atoms with E-state index in [1.54, 1.807) is 0 Å². The molecule has 0 saturated heterocycles. The lowest BCUT2D eigenvalue weighted by Gasteiger charge is -2.15. The first-order valence-corrected chi connectivity index (χ1v) is 18.0. The number of rotatable bonds is 2. The number of fused-ring (bicyclic) bond motifs is 9. The van der Waals surface area contributed by atoms with Crippen LogP contribution in [0, 0.1) is 0 Å². The van der Waals surface area contributed by atoms with Crippen molar-refractivity contribution in [3.8, 4) is 22.3 Å². The van der Waals surface area contributed by atoms with Crippen molar-refractivity contribution in [3.63, 3.8) is 0 Å². The van der Waals surface area contributed by atoms with Crippen molar-refractivity contribution in [3.05, 3.63) is 158 Å². The van der Waals surface area contributed by atoms with Gasteiger partial charge in [0.25, 0.3) is 0 Å². The Hall–Kier alpha value is -6.22. The van der Waals surface area contributed by atoms with Gasteiger partial charge in [-0.3, -0.25) is 0 Å². The van der Waals surface area contributed by atoms with E-state index in [-0.39, 0.29) is 0 Å². The van der Waals surface area contributed by atoms with Gasteiger partial charge in [-0.15, -0.1) is 11.3 Å². The molecule has 0 amide bonds. The third-order valence-corrected chi connectivity index (χ3v) is 12.1. The fourth-order valence-corrected chi connectivity index (χ4v) is 9.80. The lowest BCUT2D eigenvalue weighted by molar-refractivity contribution is 0.670. The predicted octanol–water partition coefficient (Wildman–Crippen LogP) is 14.5. The second-order valence-electron chi connectivity index (χ2n) is 13.6. The van der Waals surface area contributed by atoms with Crippen molar-refractivity contribution in [2.24, 2.45) is 0 Å². The zero-order valence-corrected chi connectivity index (χ0v) is 27.6. The molecule has 2 aromatic heterocycles. The van der Waals surface area contributed by atoms with Crippen molar-refractivity contribution in [1.29, 1.82) is 0 Å². The van der Waals surface area contributed by atoms with Crippen LogP contribution in [0.3, 0.4) is 0 Å². The minimum Gasteiger partial charge on any atom is -0.455 e. The van der Waals surface area contributed by atoms with E-state index in [0.29, 0.717) is 0 Å². The Morgan fingerprint density at radius 3 is 1.88 bits per heavy atom. The average molecular weight is 651 g/mol. The van der Waals surface area contributed by atoms with Crippen molar-refractivity contribution >= 4 is 107 Å². The van der Waals surface area contributed by atoms with Crippen LogP contribution in [-0.2, 0) is 0 Å². The van der Waals surface area contributed by atoms with Crippen molar-refractivity contribution in [1.82, 2.24) is 0 Å². The van der Waals surface area contributed by atoms with Crippen LogP contribution in [0.15, 0.2) is 162 Å². The maximum atomic E-state index is 6.99. The standard InChI is InChI=1S/C48H26OS/c1-2-8-32-26-41-39(24-31(32)7-1)47-38(36-18-14-30-13-12-28-9-5-10-29-15-19-37(36)45(30)44(28)29)21-20-35(48(47)49-41)33-17-22-42-40(25-33)46-34-11-4-3-6-27(34)16-23-43(46)50-42/h1-26H. The van der Waals surface area contributed by atoms with Crippen LogP contribution < -0.4 is 0 Å². The molecule has 0 fully saturated rings. The molecule has 0 unspecified atom stereocenters. The maximum Gasteiger partial charge on any atom is 0.143 e. The fraction of sp³-hybridized carbons (Fsp3) is 0. The van der Waals surface area contributed by atoms with Crippen LogP contribution in [-0.4, -0.2) is 0 Å². The van der Waals surface area contributed by atoms with Crippen molar-refractivity contribution in [2.45, 2.75) is 0 Å². The number of hydrogen-bond acceptors (Lipinski definition) is 2. The minimum atomic E-state index is 0.915. The molecule has 0 aliphatic rings. The first-order chi connectivity index (χ1) is 24.8. The summed E-state index contributed by atoms with van der Waals surface area (Å²) in [6.45, 7) is 0. The zero-order valence-electron chi connectivity index (χ0n) is 26.8. The van der Waals surface area contributed by atoms with E-state index in [1.807, 2.05) is 11.3 Å². The molecule has 0 aliphatic heterocycles. The summed E-state index contributed by atoms with van der Waals surface area (Å²) in [6, 6.07) is 58.3. The van der Waals surface area contributed by atoms with Gasteiger partial charge >= 0.3 is 0 Å². The van der Waals surface area contributed by atoms with E-state index in [1.165, 1.54) is 96.1 Å². The van der Waals surface area contributed by atoms with Gasteiger partial charge in [-0.05, 0) is 107 Å². The number of thiophene rings is 1. The maximum absolute atomic E-state index is 6.99. The van der Waals surface area contributed by atoms with E-state index >= 15 is 0 Å². The van der Waals surface area contributed by atoms with Crippen molar-refractivity contribution < 1.29 is 4.42 Å². The number of benzene rings is 10. The van der Waals surface area contributed by atoms with Crippen LogP contribution in [0.1, 0.15) is 0 Å². The van der Waals surface area contributed by atoms with Gasteiger partial charge in [0, 0.05) is 36.5 Å². The highest BCUT2D eigenvalue weighted by molar-refractivity contribution is 7.26.